The van der Waals surface area contributed by atoms with E-state index in [2.05, 4.69) is 43.7 Å². The number of aliphatic hydroxyl groups is 1. The van der Waals surface area contributed by atoms with Gasteiger partial charge in [0.2, 0.25) is 0 Å². The smallest absolute Gasteiger partial charge is 0.403 e. The molecular formula is C16H27BN2O3. The van der Waals surface area contributed by atoms with E-state index < -0.39 is 0 Å². The fourth-order valence-corrected chi connectivity index (χ4v) is 3.08. The van der Waals surface area contributed by atoms with Gasteiger partial charge < -0.3 is 19.3 Å². The van der Waals surface area contributed by atoms with Gasteiger partial charge in [0.05, 0.1) is 17.3 Å². The first kappa shape index (κ1) is 16.0. The Morgan fingerprint density at radius 2 is 1.77 bits per heavy atom. The molecule has 3 heterocycles. The zero-order valence-electron chi connectivity index (χ0n) is 14.1. The topological polar surface area (TPSA) is 54.3 Å². The number of rotatable bonds is 2. The van der Waals surface area contributed by atoms with Crippen molar-refractivity contribution in [3.63, 3.8) is 0 Å². The van der Waals surface area contributed by atoms with Crippen LogP contribution in [0.5, 0.6) is 0 Å². The Balaban J connectivity index is 1.59. The molecule has 3 rings (SSSR count). The van der Waals surface area contributed by atoms with Crippen LogP contribution >= 0.6 is 0 Å². The molecule has 2 fully saturated rings. The molecule has 22 heavy (non-hydrogen) atoms. The highest BCUT2D eigenvalue weighted by Crippen LogP contribution is 2.41. The first-order valence-electron chi connectivity index (χ1n) is 8.31. The lowest BCUT2D eigenvalue weighted by atomic mass is 9.70. The fraction of sp³-hybridized carbons (Fsp3) is 0.812. The molecule has 2 saturated heterocycles. The summed E-state index contributed by atoms with van der Waals surface area (Å²) in [6, 6.07) is 0. The summed E-state index contributed by atoms with van der Waals surface area (Å²) in [5.74, 6) is 1.19. The highest BCUT2D eigenvalue weighted by molar-refractivity contribution is 6.51. The maximum Gasteiger partial charge on any atom is 0.467 e. The number of hydrogen-bond donors (Lipinski definition) is 1. The molecule has 122 valence electrons. The van der Waals surface area contributed by atoms with Gasteiger partial charge in [-0.1, -0.05) is 0 Å². The average Bonchev–Trinajstić information content (AvgIpc) is 2.68. The number of aliphatic hydroxyl groups excluding tert-OH is 1. The molecular weight excluding hydrogens is 279 g/mol. The third-order valence-corrected chi connectivity index (χ3v) is 5.38. The minimum atomic E-state index is -0.293. The van der Waals surface area contributed by atoms with Crippen LogP contribution in [0.4, 0.5) is 0 Å². The molecule has 0 radical (unpaired) electrons. The Morgan fingerprint density at radius 1 is 1.18 bits per heavy atom. The van der Waals surface area contributed by atoms with Crippen LogP contribution in [0, 0.1) is 0 Å². The van der Waals surface area contributed by atoms with Gasteiger partial charge >= 0.3 is 7.12 Å². The SMILES string of the molecule is CC1(C)OB(C2C=NC(N3CCC(O)CC3)=CC2)OC1(C)C. The van der Waals surface area contributed by atoms with Crippen molar-refractivity contribution >= 4 is 13.3 Å². The molecule has 0 bridgehead atoms. The van der Waals surface area contributed by atoms with Gasteiger partial charge in [-0.05, 0) is 53.0 Å². The predicted octanol–water partition coefficient (Wildman–Crippen LogP) is 2.22. The Hall–Kier alpha value is -0.845. The van der Waals surface area contributed by atoms with Crippen LogP contribution in [0.25, 0.3) is 0 Å². The number of nitrogens with zero attached hydrogens (tertiary/aromatic N) is 2. The van der Waals surface area contributed by atoms with Gasteiger partial charge in [0.25, 0.3) is 0 Å². The molecule has 5 nitrogen and oxygen atoms in total. The Labute approximate surface area is 133 Å². The van der Waals surface area contributed by atoms with Crippen molar-refractivity contribution < 1.29 is 14.4 Å². The van der Waals surface area contributed by atoms with Crippen molar-refractivity contribution in [2.45, 2.75) is 70.1 Å². The lowest BCUT2D eigenvalue weighted by Crippen LogP contribution is -2.41. The van der Waals surface area contributed by atoms with Crippen LogP contribution in [0.15, 0.2) is 16.9 Å². The van der Waals surface area contributed by atoms with Crippen LogP contribution in [-0.4, -0.2) is 53.7 Å². The highest BCUT2D eigenvalue weighted by atomic mass is 16.7. The monoisotopic (exact) mass is 306 g/mol. The predicted molar refractivity (Wildman–Crippen MR) is 87.8 cm³/mol. The van der Waals surface area contributed by atoms with E-state index in [4.69, 9.17) is 9.31 Å². The van der Waals surface area contributed by atoms with E-state index in [-0.39, 0.29) is 30.2 Å². The summed E-state index contributed by atoms with van der Waals surface area (Å²) in [7, 11) is -0.227. The van der Waals surface area contributed by atoms with Crippen LogP contribution in [0.1, 0.15) is 47.0 Å². The lowest BCUT2D eigenvalue weighted by molar-refractivity contribution is 0.00578. The Kier molecular flexibility index (Phi) is 4.12. The van der Waals surface area contributed by atoms with Crippen molar-refractivity contribution in [1.82, 2.24) is 4.90 Å². The van der Waals surface area contributed by atoms with Gasteiger partial charge in [0, 0.05) is 25.1 Å². The van der Waals surface area contributed by atoms with Gasteiger partial charge in [-0.3, -0.25) is 0 Å². The maximum absolute atomic E-state index is 9.59. The minimum Gasteiger partial charge on any atom is -0.403 e. The van der Waals surface area contributed by atoms with Gasteiger partial charge in [-0.15, -0.1) is 0 Å². The zero-order chi connectivity index (χ0) is 16.0. The molecule has 1 atom stereocenters. The van der Waals surface area contributed by atoms with Crippen molar-refractivity contribution in [3.8, 4) is 0 Å². The minimum absolute atomic E-state index is 0.151. The van der Waals surface area contributed by atoms with Crippen molar-refractivity contribution in [1.29, 1.82) is 0 Å². The maximum atomic E-state index is 9.59. The second-order valence-corrected chi connectivity index (χ2v) is 7.58. The van der Waals surface area contributed by atoms with Crippen molar-refractivity contribution in [2.75, 3.05) is 13.1 Å². The number of aliphatic imine (C=N–C) groups is 1. The van der Waals surface area contributed by atoms with Gasteiger partial charge in [-0.25, -0.2) is 4.99 Å². The van der Waals surface area contributed by atoms with Gasteiger partial charge in [0.1, 0.15) is 5.82 Å². The Morgan fingerprint density at radius 3 is 2.27 bits per heavy atom. The molecule has 0 saturated carbocycles. The summed E-state index contributed by atoms with van der Waals surface area (Å²) in [6.45, 7) is 10.1. The molecule has 1 N–H and O–H groups in total. The first-order valence-corrected chi connectivity index (χ1v) is 8.31. The van der Waals surface area contributed by atoms with E-state index >= 15 is 0 Å². The molecule has 0 spiro atoms. The Bertz CT molecular complexity index is 466. The number of piperidine rings is 1. The molecule has 0 aliphatic carbocycles. The first-order chi connectivity index (χ1) is 10.3. The van der Waals surface area contributed by atoms with Crippen LogP contribution in [-0.2, 0) is 9.31 Å². The van der Waals surface area contributed by atoms with E-state index in [0.29, 0.717) is 0 Å². The third-order valence-electron chi connectivity index (χ3n) is 5.38. The van der Waals surface area contributed by atoms with E-state index in [9.17, 15) is 5.11 Å². The summed E-state index contributed by atoms with van der Waals surface area (Å²) >= 11 is 0. The quantitative estimate of drug-likeness (QED) is 0.795. The van der Waals surface area contributed by atoms with E-state index in [1.54, 1.807) is 0 Å². The number of hydrogen-bond acceptors (Lipinski definition) is 5. The lowest BCUT2D eigenvalue weighted by Gasteiger charge is -2.32. The second kappa shape index (κ2) is 5.66. The van der Waals surface area contributed by atoms with Crippen LogP contribution in [0.2, 0.25) is 5.82 Å². The molecule has 0 aromatic rings. The summed E-state index contributed by atoms with van der Waals surface area (Å²) < 4.78 is 12.2. The van der Waals surface area contributed by atoms with E-state index in [1.165, 1.54) is 0 Å². The molecule has 1 unspecified atom stereocenters. The average molecular weight is 306 g/mol. The van der Waals surface area contributed by atoms with Crippen molar-refractivity contribution in [2.24, 2.45) is 4.99 Å². The largest absolute Gasteiger partial charge is 0.467 e. The number of allylic oxidation sites excluding steroid dienone is 1. The van der Waals surface area contributed by atoms with Gasteiger partial charge in [-0.2, -0.15) is 0 Å². The molecule has 0 aromatic carbocycles. The molecule has 6 heteroatoms. The third kappa shape index (κ3) is 2.96. The summed E-state index contributed by atoms with van der Waals surface area (Å²) in [4.78, 5) is 6.87. The van der Waals surface area contributed by atoms with E-state index in [1.807, 2.05) is 6.21 Å². The normalized spacial score (nSPS) is 31.5. The summed E-state index contributed by atoms with van der Waals surface area (Å²) in [5.41, 5.74) is -0.586. The molecule has 3 aliphatic rings. The summed E-state index contributed by atoms with van der Waals surface area (Å²) in [6.07, 6.45) is 6.54. The fourth-order valence-electron chi connectivity index (χ4n) is 3.08. The summed E-state index contributed by atoms with van der Waals surface area (Å²) in [5, 5.41) is 9.59. The molecule has 0 amide bonds. The standard InChI is InChI=1S/C16H27BN2O3/c1-15(2)16(3,4)22-17(21-15)12-5-6-14(18-11-12)19-9-7-13(20)8-10-19/h6,11-13,20H,5,7-10H2,1-4H3. The van der Waals surface area contributed by atoms with E-state index in [0.717, 1.165) is 38.2 Å². The molecule has 3 aliphatic heterocycles. The van der Waals surface area contributed by atoms with Crippen LogP contribution < -0.4 is 0 Å². The number of likely N-dealkylation sites (tertiary alicyclic amines) is 1. The zero-order valence-corrected chi connectivity index (χ0v) is 14.1. The highest BCUT2D eigenvalue weighted by Gasteiger charge is 2.53. The van der Waals surface area contributed by atoms with Gasteiger partial charge in [0.15, 0.2) is 0 Å². The van der Waals surface area contributed by atoms with Crippen LogP contribution in [0.3, 0.4) is 0 Å². The molecule has 0 aromatic heterocycles. The second-order valence-electron chi connectivity index (χ2n) is 7.58. The van der Waals surface area contributed by atoms with Crippen molar-refractivity contribution in [3.05, 3.63) is 11.9 Å².